The van der Waals surface area contributed by atoms with Gasteiger partial charge in [0.1, 0.15) is 5.38 Å². The topological polar surface area (TPSA) is 37.3 Å². The third kappa shape index (κ3) is 4.45. The van der Waals surface area contributed by atoms with Gasteiger partial charge < -0.3 is 5.11 Å². The highest BCUT2D eigenvalue weighted by Gasteiger charge is 2.12. The lowest BCUT2D eigenvalue weighted by atomic mass is 10.1. The largest absolute Gasteiger partial charge is 0.480 e. The van der Waals surface area contributed by atoms with Crippen LogP contribution in [0.25, 0.3) is 0 Å². The minimum absolute atomic E-state index is 0.434. The first-order valence-corrected chi connectivity index (χ1v) is 6.60. The van der Waals surface area contributed by atoms with Crippen LogP contribution in [0.3, 0.4) is 0 Å². The predicted molar refractivity (Wildman–Crippen MR) is 69.4 cm³/mol. The number of halogens is 1. The molecular formula is C12H15ClO2S. The smallest absolute Gasteiger partial charge is 0.322 e. The number of thioether (sulfide) groups is 1. The Kier molecular flexibility index (Phi) is 5.16. The van der Waals surface area contributed by atoms with Gasteiger partial charge in [-0.05, 0) is 19.4 Å². The van der Waals surface area contributed by atoms with Crippen molar-refractivity contribution in [1.29, 1.82) is 0 Å². The monoisotopic (exact) mass is 258 g/mol. The van der Waals surface area contributed by atoms with Crippen LogP contribution in [-0.2, 0) is 10.5 Å². The highest BCUT2D eigenvalue weighted by Crippen LogP contribution is 2.17. The number of benzene rings is 1. The predicted octanol–water partition coefficient (Wildman–Crippen LogP) is 3.23. The highest BCUT2D eigenvalue weighted by molar-refractivity contribution is 7.98. The summed E-state index contributed by atoms with van der Waals surface area (Å²) in [7, 11) is 0. The van der Waals surface area contributed by atoms with E-state index in [1.54, 1.807) is 11.8 Å². The molecule has 0 saturated heterocycles. The maximum Gasteiger partial charge on any atom is 0.322 e. The van der Waals surface area contributed by atoms with Crippen molar-refractivity contribution in [2.24, 2.45) is 0 Å². The van der Waals surface area contributed by atoms with E-state index in [4.69, 9.17) is 16.7 Å². The lowest BCUT2D eigenvalue weighted by Crippen LogP contribution is -2.15. The molecule has 1 atom stereocenters. The maximum atomic E-state index is 10.5. The summed E-state index contributed by atoms with van der Waals surface area (Å²) in [6, 6.07) is 6.35. The molecule has 0 spiro atoms. The van der Waals surface area contributed by atoms with Crippen LogP contribution in [-0.4, -0.2) is 22.2 Å². The van der Waals surface area contributed by atoms with Gasteiger partial charge in [0.15, 0.2) is 0 Å². The molecule has 16 heavy (non-hydrogen) atoms. The molecule has 0 amide bonds. The molecule has 0 heterocycles. The van der Waals surface area contributed by atoms with Gasteiger partial charge in [-0.15, -0.1) is 11.6 Å². The number of carboxylic acid groups (broad SMARTS) is 1. The number of carboxylic acids is 1. The van der Waals surface area contributed by atoms with Gasteiger partial charge >= 0.3 is 5.97 Å². The van der Waals surface area contributed by atoms with Gasteiger partial charge in [0.2, 0.25) is 0 Å². The van der Waals surface area contributed by atoms with Gasteiger partial charge in [-0.25, -0.2) is 0 Å². The molecule has 0 radical (unpaired) electrons. The van der Waals surface area contributed by atoms with E-state index in [1.807, 2.05) is 0 Å². The van der Waals surface area contributed by atoms with Crippen LogP contribution in [0.2, 0.25) is 0 Å². The van der Waals surface area contributed by atoms with Gasteiger partial charge in [0.05, 0.1) is 0 Å². The molecule has 2 nitrogen and oxygen atoms in total. The molecule has 0 bridgehead atoms. The van der Waals surface area contributed by atoms with Gasteiger partial charge in [-0.3, -0.25) is 4.79 Å². The summed E-state index contributed by atoms with van der Waals surface area (Å²) in [6.45, 7) is 4.12. The van der Waals surface area contributed by atoms with Crippen LogP contribution in [0.1, 0.15) is 16.7 Å². The zero-order valence-corrected chi connectivity index (χ0v) is 10.9. The van der Waals surface area contributed by atoms with Crippen molar-refractivity contribution in [2.75, 3.05) is 5.75 Å². The maximum absolute atomic E-state index is 10.5. The first-order valence-electron chi connectivity index (χ1n) is 5.01. The first kappa shape index (κ1) is 13.4. The first-order chi connectivity index (χ1) is 7.49. The van der Waals surface area contributed by atoms with E-state index in [2.05, 4.69) is 32.0 Å². The van der Waals surface area contributed by atoms with Crippen molar-refractivity contribution >= 4 is 29.3 Å². The summed E-state index contributed by atoms with van der Waals surface area (Å²) < 4.78 is 0. The van der Waals surface area contributed by atoms with E-state index < -0.39 is 11.3 Å². The van der Waals surface area contributed by atoms with Crippen LogP contribution in [0.5, 0.6) is 0 Å². The van der Waals surface area contributed by atoms with Crippen molar-refractivity contribution in [3.8, 4) is 0 Å². The molecule has 4 heteroatoms. The molecule has 1 N–H and O–H groups in total. The molecule has 0 saturated carbocycles. The lowest BCUT2D eigenvalue weighted by molar-refractivity contribution is -0.136. The van der Waals surface area contributed by atoms with Crippen molar-refractivity contribution in [3.63, 3.8) is 0 Å². The quantitative estimate of drug-likeness (QED) is 0.824. The fraction of sp³-hybridized carbons (Fsp3) is 0.417. The summed E-state index contributed by atoms with van der Waals surface area (Å²) in [5.74, 6) is 0.290. The number of aliphatic carboxylic acids is 1. The van der Waals surface area contributed by atoms with Crippen LogP contribution in [0.15, 0.2) is 18.2 Å². The minimum Gasteiger partial charge on any atom is -0.480 e. The van der Waals surface area contributed by atoms with Crippen LogP contribution in [0.4, 0.5) is 0 Å². The second-order valence-electron chi connectivity index (χ2n) is 3.82. The van der Waals surface area contributed by atoms with Crippen molar-refractivity contribution in [3.05, 3.63) is 34.9 Å². The Hall–Kier alpha value is -0.670. The van der Waals surface area contributed by atoms with Crippen LogP contribution in [0, 0.1) is 13.8 Å². The summed E-state index contributed by atoms with van der Waals surface area (Å²) >= 11 is 7.17. The van der Waals surface area contributed by atoms with Gasteiger partial charge in [-0.1, -0.05) is 29.3 Å². The molecule has 0 aliphatic carbocycles. The Morgan fingerprint density at radius 2 is 1.94 bits per heavy atom. The molecule has 1 aromatic carbocycles. The molecule has 1 rings (SSSR count). The number of alkyl halides is 1. The third-order valence-corrected chi connectivity index (χ3v) is 3.71. The Labute approximate surface area is 105 Å². The van der Waals surface area contributed by atoms with E-state index in [-0.39, 0.29) is 0 Å². The summed E-state index contributed by atoms with van der Waals surface area (Å²) in [5.41, 5.74) is 3.68. The summed E-state index contributed by atoms with van der Waals surface area (Å²) in [6.07, 6.45) is 0. The molecular weight excluding hydrogens is 244 g/mol. The number of aryl methyl sites for hydroxylation is 2. The second-order valence-corrected chi connectivity index (χ2v) is 5.37. The van der Waals surface area contributed by atoms with Crippen molar-refractivity contribution in [2.45, 2.75) is 25.0 Å². The van der Waals surface area contributed by atoms with Crippen molar-refractivity contribution < 1.29 is 9.90 Å². The standard InChI is InChI=1S/C12H15ClO2S/c1-8-3-9(2)5-10(4-8)6-16-7-11(13)12(14)15/h3-5,11H,6-7H2,1-2H3,(H,14,15). The Bertz CT molecular complexity index is 359. The molecule has 88 valence electrons. The normalized spacial score (nSPS) is 12.4. The summed E-state index contributed by atoms with van der Waals surface area (Å²) in [4.78, 5) is 10.5. The number of rotatable bonds is 5. The Morgan fingerprint density at radius 3 is 2.44 bits per heavy atom. The summed E-state index contributed by atoms with van der Waals surface area (Å²) in [5, 5.41) is 7.83. The number of hydrogen-bond acceptors (Lipinski definition) is 2. The molecule has 1 aromatic rings. The van der Waals surface area contributed by atoms with Crippen LogP contribution < -0.4 is 0 Å². The van der Waals surface area contributed by atoms with Gasteiger partial charge in [-0.2, -0.15) is 11.8 Å². The number of hydrogen-bond donors (Lipinski definition) is 1. The molecule has 1 unspecified atom stereocenters. The van der Waals surface area contributed by atoms with Gasteiger partial charge in [0.25, 0.3) is 0 Å². The SMILES string of the molecule is Cc1cc(C)cc(CSCC(Cl)C(=O)O)c1. The van der Waals surface area contributed by atoms with Gasteiger partial charge in [0, 0.05) is 11.5 Å². The Morgan fingerprint density at radius 1 is 1.38 bits per heavy atom. The Balaban J connectivity index is 2.46. The molecule has 0 aliphatic heterocycles. The minimum atomic E-state index is -0.949. The fourth-order valence-electron chi connectivity index (χ4n) is 1.50. The third-order valence-electron chi connectivity index (χ3n) is 2.08. The van der Waals surface area contributed by atoms with E-state index >= 15 is 0 Å². The second kappa shape index (κ2) is 6.16. The average molecular weight is 259 g/mol. The fourth-order valence-corrected chi connectivity index (χ4v) is 2.64. The van der Waals surface area contributed by atoms with Crippen molar-refractivity contribution in [1.82, 2.24) is 0 Å². The van der Waals surface area contributed by atoms with E-state index in [0.29, 0.717) is 5.75 Å². The average Bonchev–Trinajstić information content (AvgIpc) is 2.15. The molecule has 0 aromatic heterocycles. The zero-order valence-electron chi connectivity index (χ0n) is 9.37. The van der Waals surface area contributed by atoms with E-state index in [0.717, 1.165) is 5.75 Å². The highest BCUT2D eigenvalue weighted by atomic mass is 35.5. The van der Waals surface area contributed by atoms with Crippen LogP contribution >= 0.6 is 23.4 Å². The molecule has 0 fully saturated rings. The van der Waals surface area contributed by atoms with E-state index in [9.17, 15) is 4.79 Å². The lowest BCUT2D eigenvalue weighted by Gasteiger charge is -2.06. The zero-order chi connectivity index (χ0) is 12.1. The molecule has 0 aliphatic rings. The van der Waals surface area contributed by atoms with E-state index in [1.165, 1.54) is 16.7 Å². The number of carbonyl (C=O) groups is 1.